The summed E-state index contributed by atoms with van der Waals surface area (Å²) in [4.78, 5) is 15.3. The lowest BCUT2D eigenvalue weighted by Gasteiger charge is -2.05. The van der Waals surface area contributed by atoms with Crippen LogP contribution < -0.4 is 0 Å². The van der Waals surface area contributed by atoms with Gasteiger partial charge in [-0.1, -0.05) is 0 Å². The monoisotopic (exact) mass is 222 g/mol. The molecule has 1 rings (SSSR count). The van der Waals surface area contributed by atoms with Gasteiger partial charge in [0.25, 0.3) is 0 Å². The molecule has 0 fully saturated rings. The van der Waals surface area contributed by atoms with Gasteiger partial charge in [-0.2, -0.15) is 5.26 Å². The van der Waals surface area contributed by atoms with Crippen LogP contribution in [0, 0.1) is 25.2 Å². The van der Waals surface area contributed by atoms with E-state index in [1.165, 1.54) is 0 Å². The molecule has 0 bridgehead atoms. The molecule has 4 nitrogen and oxygen atoms in total. The van der Waals surface area contributed by atoms with Gasteiger partial charge in [-0.15, -0.1) is 11.8 Å². The van der Waals surface area contributed by atoms with Crippen molar-refractivity contribution in [2.75, 3.05) is 5.75 Å². The van der Waals surface area contributed by atoms with Gasteiger partial charge in [0.2, 0.25) is 0 Å². The molecule has 1 aromatic rings. The summed E-state index contributed by atoms with van der Waals surface area (Å²) in [5.74, 6) is -0.937. The second-order valence-electron chi connectivity index (χ2n) is 3.02. The van der Waals surface area contributed by atoms with Crippen molar-refractivity contribution in [2.24, 2.45) is 0 Å². The largest absolute Gasteiger partial charge is 0.481 e. The summed E-state index contributed by atoms with van der Waals surface area (Å²) in [7, 11) is 0. The number of rotatable bonds is 3. The zero-order valence-electron chi connectivity index (χ0n) is 8.44. The predicted octanol–water partition coefficient (Wildman–Crippen LogP) is 1.75. The molecule has 1 N–H and O–H groups in total. The first kappa shape index (κ1) is 11.5. The number of hydrogen-bond donors (Lipinski definition) is 1. The van der Waals surface area contributed by atoms with Crippen LogP contribution in [0.1, 0.15) is 17.0 Å². The first-order chi connectivity index (χ1) is 7.04. The summed E-state index contributed by atoms with van der Waals surface area (Å²) >= 11 is 1.15. The number of pyridine rings is 1. The molecule has 78 valence electrons. The van der Waals surface area contributed by atoms with Crippen molar-refractivity contribution >= 4 is 17.7 Å². The molecular formula is C10H10N2O2S. The molecule has 0 amide bonds. The molecule has 0 aliphatic rings. The first-order valence-corrected chi connectivity index (χ1v) is 5.26. The number of nitrogens with zero attached hydrogens (tertiary/aromatic N) is 2. The topological polar surface area (TPSA) is 74.0 Å². The quantitative estimate of drug-likeness (QED) is 0.788. The molecule has 0 saturated heterocycles. The Balaban J connectivity index is 3.05. The fourth-order valence-corrected chi connectivity index (χ4v) is 2.05. The Bertz CT molecular complexity index is 438. The molecule has 0 radical (unpaired) electrons. The molecular weight excluding hydrogens is 212 g/mol. The van der Waals surface area contributed by atoms with E-state index in [1.54, 1.807) is 13.0 Å². The maximum absolute atomic E-state index is 10.4. The van der Waals surface area contributed by atoms with E-state index in [9.17, 15) is 4.79 Å². The maximum Gasteiger partial charge on any atom is 0.313 e. The van der Waals surface area contributed by atoms with Crippen LogP contribution in [-0.4, -0.2) is 21.8 Å². The van der Waals surface area contributed by atoms with Gasteiger partial charge in [0.05, 0.1) is 17.0 Å². The molecule has 1 heterocycles. The lowest BCUT2D eigenvalue weighted by molar-refractivity contribution is -0.133. The lowest BCUT2D eigenvalue weighted by atomic mass is 10.2. The van der Waals surface area contributed by atoms with Gasteiger partial charge in [-0.25, -0.2) is 0 Å². The fraction of sp³-hybridized carbons (Fsp3) is 0.300. The Kier molecular flexibility index (Phi) is 3.69. The van der Waals surface area contributed by atoms with E-state index in [1.807, 2.05) is 13.0 Å². The van der Waals surface area contributed by atoms with E-state index in [2.05, 4.69) is 4.98 Å². The van der Waals surface area contributed by atoms with E-state index in [0.29, 0.717) is 16.2 Å². The molecule has 15 heavy (non-hydrogen) atoms. The van der Waals surface area contributed by atoms with Crippen LogP contribution in [0.15, 0.2) is 11.0 Å². The minimum absolute atomic E-state index is 0.0441. The Hall–Kier alpha value is -1.54. The van der Waals surface area contributed by atoms with Gasteiger partial charge in [0.1, 0.15) is 6.07 Å². The van der Waals surface area contributed by atoms with Crippen LogP contribution in [-0.2, 0) is 4.79 Å². The van der Waals surface area contributed by atoms with Crippen LogP contribution in [0.2, 0.25) is 0 Å². The summed E-state index contributed by atoms with van der Waals surface area (Å²) in [5, 5.41) is 17.5. The number of carboxylic acid groups (broad SMARTS) is 1. The van der Waals surface area contributed by atoms with Crippen molar-refractivity contribution in [2.45, 2.75) is 18.7 Å². The molecule has 1 aromatic heterocycles. The Morgan fingerprint density at radius 3 is 2.87 bits per heavy atom. The maximum atomic E-state index is 10.4. The smallest absolute Gasteiger partial charge is 0.313 e. The average Bonchev–Trinajstić information content (AvgIpc) is 2.13. The third-order valence-corrected chi connectivity index (χ3v) is 2.78. The van der Waals surface area contributed by atoms with Crippen molar-refractivity contribution in [3.05, 3.63) is 23.0 Å². The molecule has 0 unspecified atom stereocenters. The minimum Gasteiger partial charge on any atom is -0.481 e. The number of aromatic nitrogens is 1. The number of nitriles is 1. The summed E-state index contributed by atoms with van der Waals surface area (Å²) in [5.41, 5.74) is 1.90. The second kappa shape index (κ2) is 4.80. The minimum atomic E-state index is -0.893. The SMILES string of the molecule is Cc1cc(SCC(=O)O)c(C#N)c(C)n1. The highest BCUT2D eigenvalue weighted by Gasteiger charge is 2.09. The van der Waals surface area contributed by atoms with Crippen LogP contribution in [0.3, 0.4) is 0 Å². The van der Waals surface area contributed by atoms with E-state index >= 15 is 0 Å². The number of aliphatic carboxylic acids is 1. The van der Waals surface area contributed by atoms with E-state index in [4.69, 9.17) is 10.4 Å². The van der Waals surface area contributed by atoms with Crippen molar-refractivity contribution in [1.29, 1.82) is 5.26 Å². The van der Waals surface area contributed by atoms with Crippen LogP contribution in [0.25, 0.3) is 0 Å². The number of hydrogen-bond acceptors (Lipinski definition) is 4. The molecule has 0 aliphatic heterocycles. The molecule has 5 heteroatoms. The van der Waals surface area contributed by atoms with Crippen molar-refractivity contribution in [3.8, 4) is 6.07 Å². The van der Waals surface area contributed by atoms with Gasteiger partial charge in [-0.05, 0) is 19.9 Å². The molecule has 0 aliphatic carbocycles. The van der Waals surface area contributed by atoms with Crippen LogP contribution in [0.4, 0.5) is 0 Å². The fourth-order valence-electron chi connectivity index (χ4n) is 1.18. The predicted molar refractivity (Wildman–Crippen MR) is 56.8 cm³/mol. The Morgan fingerprint density at radius 2 is 2.33 bits per heavy atom. The zero-order chi connectivity index (χ0) is 11.4. The highest BCUT2D eigenvalue weighted by molar-refractivity contribution is 8.00. The molecule has 0 atom stereocenters. The second-order valence-corrected chi connectivity index (χ2v) is 4.03. The lowest BCUT2D eigenvalue weighted by Crippen LogP contribution is -2.00. The third kappa shape index (κ3) is 2.96. The van der Waals surface area contributed by atoms with Crippen LogP contribution >= 0.6 is 11.8 Å². The van der Waals surface area contributed by atoms with E-state index in [0.717, 1.165) is 17.5 Å². The van der Waals surface area contributed by atoms with Gasteiger partial charge in [-0.3, -0.25) is 9.78 Å². The number of carboxylic acids is 1. The van der Waals surface area contributed by atoms with Gasteiger partial charge >= 0.3 is 5.97 Å². The van der Waals surface area contributed by atoms with E-state index < -0.39 is 5.97 Å². The van der Waals surface area contributed by atoms with Crippen molar-refractivity contribution < 1.29 is 9.90 Å². The first-order valence-electron chi connectivity index (χ1n) is 4.27. The number of carbonyl (C=O) groups is 1. The van der Waals surface area contributed by atoms with Crippen molar-refractivity contribution in [3.63, 3.8) is 0 Å². The average molecular weight is 222 g/mol. The normalized spacial score (nSPS) is 9.67. The molecule has 0 aromatic carbocycles. The van der Waals surface area contributed by atoms with Gasteiger partial charge in [0, 0.05) is 10.6 Å². The highest BCUT2D eigenvalue weighted by atomic mass is 32.2. The van der Waals surface area contributed by atoms with Gasteiger partial charge in [0.15, 0.2) is 0 Å². The summed E-state index contributed by atoms with van der Waals surface area (Å²) in [6.07, 6.45) is 0. The highest BCUT2D eigenvalue weighted by Crippen LogP contribution is 2.24. The summed E-state index contributed by atoms with van der Waals surface area (Å²) < 4.78 is 0. The van der Waals surface area contributed by atoms with Crippen LogP contribution in [0.5, 0.6) is 0 Å². The summed E-state index contributed by atoms with van der Waals surface area (Å²) in [6, 6.07) is 3.77. The Morgan fingerprint density at radius 1 is 1.67 bits per heavy atom. The number of aryl methyl sites for hydroxylation is 2. The molecule has 0 saturated carbocycles. The zero-order valence-corrected chi connectivity index (χ0v) is 9.26. The third-order valence-electron chi connectivity index (χ3n) is 1.76. The van der Waals surface area contributed by atoms with Gasteiger partial charge < -0.3 is 5.11 Å². The Labute approximate surface area is 91.9 Å². The standard InChI is InChI=1S/C10H10N2O2S/c1-6-3-9(15-5-10(13)14)8(4-11)7(2)12-6/h3H,5H2,1-2H3,(H,13,14). The van der Waals surface area contributed by atoms with Crippen molar-refractivity contribution in [1.82, 2.24) is 4.98 Å². The number of thioether (sulfide) groups is 1. The van der Waals surface area contributed by atoms with E-state index in [-0.39, 0.29) is 5.75 Å². The molecule has 0 spiro atoms. The summed E-state index contributed by atoms with van der Waals surface area (Å²) in [6.45, 7) is 3.56.